The van der Waals surface area contributed by atoms with Crippen molar-refractivity contribution in [1.82, 2.24) is 0 Å². The first kappa shape index (κ1) is 21.4. The zero-order valence-electron chi connectivity index (χ0n) is 17.2. The van der Waals surface area contributed by atoms with E-state index >= 15 is 0 Å². The number of nitriles is 1. The monoisotopic (exact) mass is 436 g/mol. The van der Waals surface area contributed by atoms with Gasteiger partial charge in [-0.1, -0.05) is 66.7 Å². The minimum Gasteiger partial charge on any atom is -0.451 e. The van der Waals surface area contributed by atoms with Crippen molar-refractivity contribution < 1.29 is 23.9 Å². The van der Waals surface area contributed by atoms with Gasteiger partial charge in [0.15, 0.2) is 18.2 Å². The Morgan fingerprint density at radius 3 is 2.18 bits per heavy atom. The highest BCUT2D eigenvalue weighted by Gasteiger charge is 2.31. The van der Waals surface area contributed by atoms with Crippen molar-refractivity contribution in [2.24, 2.45) is 0 Å². The minimum atomic E-state index is -0.952. The quantitative estimate of drug-likeness (QED) is 0.291. The predicted octanol–water partition coefficient (Wildman–Crippen LogP) is 3.55. The Bertz CT molecular complexity index is 1370. The number of hydrogen-bond acceptors (Lipinski definition) is 6. The van der Waals surface area contributed by atoms with Crippen molar-refractivity contribution in [1.29, 1.82) is 5.26 Å². The number of fused-ring (bicyclic) bond motifs is 2. The topological polar surface area (TPSA) is 113 Å². The van der Waals surface area contributed by atoms with Crippen molar-refractivity contribution in [3.05, 3.63) is 106 Å². The summed E-state index contributed by atoms with van der Waals surface area (Å²) in [6.45, 7) is -0.672. The molecule has 33 heavy (non-hydrogen) atoms. The zero-order valence-corrected chi connectivity index (χ0v) is 17.2. The summed E-state index contributed by atoms with van der Waals surface area (Å²) in [5.41, 5.74) is 1.35. The lowest BCUT2D eigenvalue weighted by atomic mass is 9.83. The van der Waals surface area contributed by atoms with Gasteiger partial charge in [-0.05, 0) is 17.7 Å². The third-order valence-corrected chi connectivity index (χ3v) is 5.01. The molecule has 0 heterocycles. The fraction of sp³-hybridized carbons (Fsp3) is 0.0385. The van der Waals surface area contributed by atoms with Gasteiger partial charge in [0, 0.05) is 16.7 Å². The van der Waals surface area contributed by atoms with Crippen LogP contribution in [0.4, 0.5) is 5.69 Å². The smallest absolute Gasteiger partial charge is 0.349 e. The van der Waals surface area contributed by atoms with Gasteiger partial charge in [-0.2, -0.15) is 5.26 Å². The van der Waals surface area contributed by atoms with E-state index in [9.17, 15) is 24.4 Å². The maximum atomic E-state index is 13.0. The van der Waals surface area contributed by atoms with Crippen LogP contribution in [-0.2, 0) is 14.3 Å². The van der Waals surface area contributed by atoms with E-state index in [1.807, 2.05) is 0 Å². The molecule has 1 amide bonds. The average molecular weight is 436 g/mol. The first-order chi connectivity index (χ1) is 16.0. The van der Waals surface area contributed by atoms with E-state index in [0.717, 1.165) is 0 Å². The third-order valence-electron chi connectivity index (χ3n) is 5.01. The highest BCUT2D eigenvalue weighted by atomic mass is 16.5. The maximum Gasteiger partial charge on any atom is 0.349 e. The average Bonchev–Trinajstić information content (AvgIpc) is 2.85. The van der Waals surface area contributed by atoms with Crippen molar-refractivity contribution >= 4 is 35.2 Å². The second kappa shape index (κ2) is 9.12. The van der Waals surface area contributed by atoms with Gasteiger partial charge in [-0.15, -0.1) is 0 Å². The molecule has 1 aliphatic carbocycles. The highest BCUT2D eigenvalue weighted by Crippen LogP contribution is 2.31. The summed E-state index contributed by atoms with van der Waals surface area (Å²) in [4.78, 5) is 50.4. The maximum absolute atomic E-state index is 13.0. The fourth-order valence-corrected chi connectivity index (χ4v) is 3.50. The van der Waals surface area contributed by atoms with Gasteiger partial charge in [0.05, 0.1) is 11.3 Å². The normalized spacial score (nSPS) is 12.3. The van der Waals surface area contributed by atoms with E-state index in [2.05, 4.69) is 5.32 Å². The molecule has 0 aromatic heterocycles. The first-order valence-corrected chi connectivity index (χ1v) is 9.95. The summed E-state index contributed by atoms with van der Waals surface area (Å²) in [5, 5.41) is 11.8. The molecule has 0 radical (unpaired) electrons. The highest BCUT2D eigenvalue weighted by molar-refractivity contribution is 6.30. The molecule has 0 saturated heterocycles. The van der Waals surface area contributed by atoms with Crippen LogP contribution >= 0.6 is 0 Å². The number of rotatable bonds is 5. The molecule has 1 aliphatic rings. The molecule has 160 valence electrons. The van der Waals surface area contributed by atoms with Gasteiger partial charge in [0.1, 0.15) is 11.6 Å². The number of amides is 1. The van der Waals surface area contributed by atoms with Gasteiger partial charge < -0.3 is 10.1 Å². The van der Waals surface area contributed by atoms with Gasteiger partial charge in [0.25, 0.3) is 5.91 Å². The molecular weight excluding hydrogens is 420 g/mol. The van der Waals surface area contributed by atoms with Gasteiger partial charge in [0.2, 0.25) is 0 Å². The second-order valence-corrected chi connectivity index (χ2v) is 7.14. The van der Waals surface area contributed by atoms with Crippen LogP contribution in [0.15, 0.2) is 78.4 Å². The van der Waals surface area contributed by atoms with Crippen LogP contribution < -0.4 is 5.32 Å². The number of ketones is 2. The number of ether oxygens (including phenoxy) is 1. The summed E-state index contributed by atoms with van der Waals surface area (Å²) in [6.07, 6.45) is 1.36. The largest absolute Gasteiger partial charge is 0.451 e. The predicted molar refractivity (Wildman–Crippen MR) is 119 cm³/mol. The number of carbonyl (C=O) groups is 4. The van der Waals surface area contributed by atoms with Crippen molar-refractivity contribution in [2.75, 3.05) is 11.9 Å². The van der Waals surface area contributed by atoms with Crippen LogP contribution in [0.2, 0.25) is 0 Å². The van der Waals surface area contributed by atoms with E-state index in [0.29, 0.717) is 11.1 Å². The molecule has 0 bridgehead atoms. The second-order valence-electron chi connectivity index (χ2n) is 7.14. The number of esters is 1. The lowest BCUT2D eigenvalue weighted by Crippen LogP contribution is -2.26. The molecule has 0 saturated carbocycles. The zero-order chi connectivity index (χ0) is 23.4. The fourth-order valence-electron chi connectivity index (χ4n) is 3.50. The lowest BCUT2D eigenvalue weighted by Gasteiger charge is -2.20. The molecule has 0 unspecified atom stereocenters. The molecule has 0 fully saturated rings. The third kappa shape index (κ3) is 4.31. The minimum absolute atomic E-state index is 0.0857. The van der Waals surface area contributed by atoms with Gasteiger partial charge >= 0.3 is 5.97 Å². The molecule has 0 spiro atoms. The van der Waals surface area contributed by atoms with E-state index < -0.39 is 18.5 Å². The SMILES string of the molecule is N#C/C(=C/c1ccccc1)C(=O)OCC(=O)Nc1cccc2c1C(=O)c1ccccc1C2=O. The molecule has 7 heteroatoms. The number of anilines is 1. The van der Waals surface area contributed by atoms with Gasteiger partial charge in [-0.25, -0.2) is 4.79 Å². The summed E-state index contributed by atoms with van der Waals surface area (Å²) >= 11 is 0. The molecular formula is C26H16N2O5. The molecule has 0 atom stereocenters. The number of nitrogens with one attached hydrogen (secondary N) is 1. The Kier molecular flexibility index (Phi) is 5.92. The van der Waals surface area contributed by atoms with E-state index in [1.54, 1.807) is 66.7 Å². The van der Waals surface area contributed by atoms with Crippen LogP contribution in [0, 0.1) is 11.3 Å². The van der Waals surface area contributed by atoms with Crippen molar-refractivity contribution in [3.8, 4) is 6.07 Å². The Balaban J connectivity index is 1.49. The number of hydrogen-bond donors (Lipinski definition) is 1. The van der Waals surface area contributed by atoms with Crippen LogP contribution in [0.25, 0.3) is 6.08 Å². The lowest BCUT2D eigenvalue weighted by molar-refractivity contribution is -0.142. The molecule has 3 aromatic carbocycles. The van der Waals surface area contributed by atoms with Gasteiger partial charge in [-0.3, -0.25) is 14.4 Å². The molecule has 3 aromatic rings. The van der Waals surface area contributed by atoms with Crippen LogP contribution in [0.5, 0.6) is 0 Å². The number of nitrogens with zero attached hydrogens (tertiary/aromatic N) is 1. The summed E-state index contributed by atoms with van der Waals surface area (Å²) in [5.74, 6) is -2.36. The molecule has 7 nitrogen and oxygen atoms in total. The Morgan fingerprint density at radius 1 is 0.848 bits per heavy atom. The number of carbonyl (C=O) groups excluding carboxylic acids is 4. The Hall–Kier alpha value is -4.83. The summed E-state index contributed by atoms with van der Waals surface area (Å²) in [6, 6.07) is 21.5. The van der Waals surface area contributed by atoms with E-state index in [1.165, 1.54) is 18.2 Å². The number of benzene rings is 3. The standard InChI is InChI=1S/C26H16N2O5/c27-14-17(13-16-7-2-1-3-8-16)26(32)33-15-22(29)28-21-12-6-11-20-23(21)25(31)19-10-5-4-9-18(19)24(20)30/h1-13H,15H2,(H,28,29)/b17-13-. The molecule has 4 rings (SSSR count). The van der Waals surface area contributed by atoms with Crippen molar-refractivity contribution in [3.63, 3.8) is 0 Å². The summed E-state index contributed by atoms with van der Waals surface area (Å²) < 4.78 is 4.96. The van der Waals surface area contributed by atoms with Crippen LogP contribution in [-0.4, -0.2) is 30.0 Å². The van der Waals surface area contributed by atoms with E-state index in [4.69, 9.17) is 4.74 Å². The Morgan fingerprint density at radius 2 is 1.48 bits per heavy atom. The Labute approximate surface area is 188 Å². The first-order valence-electron chi connectivity index (χ1n) is 9.95. The van der Waals surface area contributed by atoms with Crippen LogP contribution in [0.1, 0.15) is 37.4 Å². The summed E-state index contributed by atoms with van der Waals surface area (Å²) in [7, 11) is 0. The van der Waals surface area contributed by atoms with E-state index in [-0.39, 0.29) is 39.5 Å². The molecule has 1 N–H and O–H groups in total. The van der Waals surface area contributed by atoms with Crippen LogP contribution in [0.3, 0.4) is 0 Å². The van der Waals surface area contributed by atoms with Crippen molar-refractivity contribution in [2.45, 2.75) is 0 Å². The molecule has 0 aliphatic heterocycles.